The molecule has 3 N–H and O–H groups in total. The lowest BCUT2D eigenvalue weighted by Crippen LogP contribution is -2.49. The zero-order valence-corrected chi connectivity index (χ0v) is 12.7. The Morgan fingerprint density at radius 3 is 2.45 bits per heavy atom. The molecule has 0 bridgehead atoms. The first-order chi connectivity index (χ1) is 9.45. The average Bonchev–Trinajstić information content (AvgIpc) is 2.44. The number of hydrogen-bond acceptors (Lipinski definition) is 4. The van der Waals surface area contributed by atoms with Crippen LogP contribution in [0.5, 0.6) is 0 Å². The van der Waals surface area contributed by atoms with Crippen molar-refractivity contribution in [2.75, 3.05) is 26.2 Å². The molecular formula is C14H27N3O3. The Balaban J connectivity index is 2.29. The lowest BCUT2D eigenvalue weighted by Gasteiger charge is -2.32. The quantitative estimate of drug-likeness (QED) is 0.725. The molecular weight excluding hydrogens is 258 g/mol. The number of nitrogens with one attached hydrogen (secondary N) is 1. The maximum Gasteiger partial charge on any atom is 0.241 e. The summed E-state index contributed by atoms with van der Waals surface area (Å²) in [5.41, 5.74) is 5.72. The molecule has 0 radical (unpaired) electrons. The molecule has 0 aliphatic carbocycles. The highest BCUT2D eigenvalue weighted by Gasteiger charge is 2.24. The van der Waals surface area contributed by atoms with Crippen molar-refractivity contribution in [2.45, 2.75) is 45.8 Å². The number of likely N-dealkylation sites (tertiary alicyclic amines) is 1. The van der Waals surface area contributed by atoms with Gasteiger partial charge in [0.1, 0.15) is 0 Å². The third-order valence-electron chi connectivity index (χ3n) is 3.63. The second-order valence-electron chi connectivity index (χ2n) is 5.52. The van der Waals surface area contributed by atoms with Crippen LogP contribution in [0.3, 0.4) is 0 Å². The highest BCUT2D eigenvalue weighted by Crippen LogP contribution is 2.13. The number of rotatable bonds is 6. The van der Waals surface area contributed by atoms with Crippen LogP contribution < -0.4 is 11.1 Å². The van der Waals surface area contributed by atoms with Crippen molar-refractivity contribution >= 4 is 11.8 Å². The fourth-order valence-electron chi connectivity index (χ4n) is 2.20. The summed E-state index contributed by atoms with van der Waals surface area (Å²) in [6, 6.07) is -0.563. The van der Waals surface area contributed by atoms with Gasteiger partial charge in [-0.25, -0.2) is 0 Å². The number of ether oxygens (including phenoxy) is 1. The first-order valence-electron chi connectivity index (χ1n) is 7.38. The van der Waals surface area contributed by atoms with E-state index in [0.717, 1.165) is 12.8 Å². The van der Waals surface area contributed by atoms with E-state index in [4.69, 9.17) is 10.5 Å². The molecule has 1 heterocycles. The zero-order valence-electron chi connectivity index (χ0n) is 12.7. The maximum atomic E-state index is 12.0. The molecule has 0 aromatic rings. The molecule has 0 saturated carbocycles. The molecule has 20 heavy (non-hydrogen) atoms. The summed E-state index contributed by atoms with van der Waals surface area (Å²) in [7, 11) is 0. The van der Waals surface area contributed by atoms with Gasteiger partial charge in [-0.3, -0.25) is 9.59 Å². The largest absolute Gasteiger partial charge is 0.378 e. The summed E-state index contributed by atoms with van der Waals surface area (Å²) >= 11 is 0. The molecule has 1 aliphatic rings. The first kappa shape index (κ1) is 16.9. The normalized spacial score (nSPS) is 18.1. The van der Waals surface area contributed by atoms with E-state index >= 15 is 0 Å². The lowest BCUT2D eigenvalue weighted by atomic mass is 10.1. The molecule has 6 heteroatoms. The summed E-state index contributed by atoms with van der Waals surface area (Å²) in [4.78, 5) is 25.4. The van der Waals surface area contributed by atoms with Crippen LogP contribution in [0.15, 0.2) is 0 Å². The van der Waals surface area contributed by atoms with Gasteiger partial charge in [0.2, 0.25) is 11.8 Å². The summed E-state index contributed by atoms with van der Waals surface area (Å²) in [6.07, 6.45) is 1.98. The van der Waals surface area contributed by atoms with Gasteiger partial charge in [0.05, 0.1) is 18.7 Å². The standard InChI is InChI=1S/C14H27N3O3/c1-4-20-11-5-7-17(8-6-11)12(18)9-16-14(19)13(15)10(2)3/h10-11,13H,4-9,15H2,1-3H3,(H,16,19)/t13-/m0/s1. The first-order valence-corrected chi connectivity index (χ1v) is 7.38. The number of nitrogens with zero attached hydrogens (tertiary/aromatic N) is 1. The Kier molecular flexibility index (Phi) is 6.95. The minimum atomic E-state index is -0.563. The molecule has 0 aromatic heterocycles. The maximum absolute atomic E-state index is 12.0. The second kappa shape index (κ2) is 8.21. The minimum absolute atomic E-state index is 0.0263. The van der Waals surface area contributed by atoms with E-state index in [1.807, 2.05) is 20.8 Å². The SMILES string of the molecule is CCOC1CCN(C(=O)CNC(=O)[C@@H](N)C(C)C)CC1. The van der Waals surface area contributed by atoms with E-state index in [1.165, 1.54) is 0 Å². The highest BCUT2D eigenvalue weighted by molar-refractivity contribution is 5.87. The fourth-order valence-corrected chi connectivity index (χ4v) is 2.20. The van der Waals surface area contributed by atoms with Crippen molar-refractivity contribution in [1.29, 1.82) is 0 Å². The molecule has 1 rings (SSSR count). The van der Waals surface area contributed by atoms with Gasteiger partial charge in [-0.15, -0.1) is 0 Å². The van der Waals surface area contributed by atoms with Crippen molar-refractivity contribution in [1.82, 2.24) is 10.2 Å². The molecule has 6 nitrogen and oxygen atoms in total. The Morgan fingerprint density at radius 2 is 1.95 bits per heavy atom. The Morgan fingerprint density at radius 1 is 1.35 bits per heavy atom. The molecule has 1 aliphatic heterocycles. The third kappa shape index (κ3) is 5.09. The summed E-state index contributed by atoms with van der Waals surface area (Å²) < 4.78 is 5.54. The molecule has 1 saturated heterocycles. The minimum Gasteiger partial charge on any atom is -0.378 e. The van der Waals surface area contributed by atoms with Gasteiger partial charge in [-0.2, -0.15) is 0 Å². The smallest absolute Gasteiger partial charge is 0.241 e. The topological polar surface area (TPSA) is 84.7 Å². The predicted molar refractivity (Wildman–Crippen MR) is 77.1 cm³/mol. The molecule has 0 spiro atoms. The number of carbonyl (C=O) groups excluding carboxylic acids is 2. The van der Waals surface area contributed by atoms with Crippen LogP contribution in [-0.2, 0) is 14.3 Å². The van der Waals surface area contributed by atoms with Gasteiger partial charge in [-0.05, 0) is 25.7 Å². The van der Waals surface area contributed by atoms with Crippen molar-refractivity contribution in [3.05, 3.63) is 0 Å². The van der Waals surface area contributed by atoms with Crippen molar-refractivity contribution in [3.8, 4) is 0 Å². The van der Waals surface area contributed by atoms with Gasteiger partial charge in [-0.1, -0.05) is 13.8 Å². The molecule has 2 amide bonds. The number of amides is 2. The molecule has 0 aromatic carbocycles. The Bertz CT molecular complexity index is 326. The van der Waals surface area contributed by atoms with E-state index < -0.39 is 6.04 Å². The van der Waals surface area contributed by atoms with Crippen LogP contribution in [0.4, 0.5) is 0 Å². The van der Waals surface area contributed by atoms with Gasteiger partial charge in [0, 0.05) is 19.7 Å². The van der Waals surface area contributed by atoms with Crippen molar-refractivity contribution < 1.29 is 14.3 Å². The van der Waals surface area contributed by atoms with Gasteiger partial charge in [0.25, 0.3) is 0 Å². The van der Waals surface area contributed by atoms with Crippen molar-refractivity contribution in [2.24, 2.45) is 11.7 Å². The third-order valence-corrected chi connectivity index (χ3v) is 3.63. The lowest BCUT2D eigenvalue weighted by molar-refractivity contribution is -0.135. The van der Waals surface area contributed by atoms with Crippen LogP contribution >= 0.6 is 0 Å². The van der Waals surface area contributed by atoms with E-state index in [1.54, 1.807) is 4.90 Å². The van der Waals surface area contributed by atoms with Crippen LogP contribution in [0.25, 0.3) is 0 Å². The molecule has 0 unspecified atom stereocenters. The van der Waals surface area contributed by atoms with E-state index in [9.17, 15) is 9.59 Å². The highest BCUT2D eigenvalue weighted by atomic mass is 16.5. The Hall–Kier alpha value is -1.14. The fraction of sp³-hybridized carbons (Fsp3) is 0.857. The molecule has 1 atom stereocenters. The zero-order chi connectivity index (χ0) is 15.1. The van der Waals surface area contributed by atoms with Gasteiger partial charge < -0.3 is 20.7 Å². The van der Waals surface area contributed by atoms with E-state index in [2.05, 4.69) is 5.32 Å². The summed E-state index contributed by atoms with van der Waals surface area (Å²) in [5, 5.41) is 2.61. The number of carbonyl (C=O) groups is 2. The van der Waals surface area contributed by atoms with Crippen LogP contribution in [-0.4, -0.2) is 55.1 Å². The molecule has 116 valence electrons. The Labute approximate surface area is 121 Å². The van der Waals surface area contributed by atoms with Gasteiger partial charge in [0.15, 0.2) is 0 Å². The van der Waals surface area contributed by atoms with Gasteiger partial charge >= 0.3 is 0 Å². The van der Waals surface area contributed by atoms with Crippen LogP contribution in [0, 0.1) is 5.92 Å². The summed E-state index contributed by atoms with van der Waals surface area (Å²) in [6.45, 7) is 7.85. The average molecular weight is 285 g/mol. The van der Waals surface area contributed by atoms with Crippen LogP contribution in [0.2, 0.25) is 0 Å². The summed E-state index contributed by atoms with van der Waals surface area (Å²) in [5.74, 6) is -0.256. The predicted octanol–water partition coefficient (Wildman–Crippen LogP) is 0.113. The van der Waals surface area contributed by atoms with Crippen LogP contribution in [0.1, 0.15) is 33.6 Å². The second-order valence-corrected chi connectivity index (χ2v) is 5.52. The van der Waals surface area contributed by atoms with Crippen molar-refractivity contribution in [3.63, 3.8) is 0 Å². The number of piperidine rings is 1. The van der Waals surface area contributed by atoms with E-state index in [0.29, 0.717) is 19.7 Å². The number of hydrogen-bond donors (Lipinski definition) is 2. The monoisotopic (exact) mass is 285 g/mol. The number of nitrogens with two attached hydrogens (primary N) is 1. The molecule has 1 fully saturated rings. The van der Waals surface area contributed by atoms with E-state index in [-0.39, 0.29) is 30.4 Å².